The molecule has 0 bridgehead atoms. The molecule has 1 rings (SSSR count). The van der Waals surface area contributed by atoms with Crippen molar-refractivity contribution in [2.24, 2.45) is 5.73 Å². The van der Waals surface area contributed by atoms with E-state index in [1.807, 2.05) is 0 Å². The Hall–Kier alpha value is -1.05. The lowest BCUT2D eigenvalue weighted by Gasteiger charge is -2.10. The number of benzene rings is 1. The molecular weight excluding hydrogens is 291 g/mol. The van der Waals surface area contributed by atoms with Crippen LogP contribution >= 0.6 is 23.8 Å². The summed E-state index contributed by atoms with van der Waals surface area (Å²) in [7, 11) is 0. The molecule has 0 radical (unpaired) electrons. The molecule has 2 N–H and O–H groups in total. The van der Waals surface area contributed by atoms with Crippen LogP contribution in [0.5, 0.6) is 5.75 Å². The van der Waals surface area contributed by atoms with Crippen LogP contribution in [-0.4, -0.2) is 24.6 Å². The molecule has 0 spiro atoms. The van der Waals surface area contributed by atoms with E-state index in [2.05, 4.69) is 4.74 Å². The van der Waals surface area contributed by atoms with E-state index in [0.717, 1.165) is 0 Å². The van der Waals surface area contributed by atoms with Gasteiger partial charge in [-0.05, 0) is 18.2 Å². The molecule has 8 heteroatoms. The highest BCUT2D eigenvalue weighted by Crippen LogP contribution is 2.25. The first-order valence-electron chi connectivity index (χ1n) is 4.72. The predicted octanol–water partition coefficient (Wildman–Crippen LogP) is 2.89. The van der Waals surface area contributed by atoms with Crippen molar-refractivity contribution in [2.75, 3.05) is 13.2 Å². The lowest BCUT2D eigenvalue weighted by Crippen LogP contribution is -2.18. The van der Waals surface area contributed by atoms with Crippen molar-refractivity contribution in [3.63, 3.8) is 0 Å². The molecule has 3 nitrogen and oxygen atoms in total. The largest absolute Gasteiger partial charge is 0.522 e. The first-order chi connectivity index (χ1) is 8.29. The Morgan fingerprint density at radius 3 is 2.50 bits per heavy atom. The van der Waals surface area contributed by atoms with Gasteiger partial charge in [0.05, 0.1) is 11.6 Å². The molecule has 0 amide bonds. The highest BCUT2D eigenvalue weighted by atomic mass is 35.5. The zero-order chi connectivity index (χ0) is 13.8. The smallest absolute Gasteiger partial charge is 0.490 e. The van der Waals surface area contributed by atoms with Crippen LogP contribution in [0.2, 0.25) is 5.02 Å². The number of hydrogen-bond donors (Lipinski definition) is 1. The van der Waals surface area contributed by atoms with Gasteiger partial charge < -0.3 is 10.5 Å². The Morgan fingerprint density at radius 2 is 2.00 bits per heavy atom. The van der Waals surface area contributed by atoms with Crippen molar-refractivity contribution in [2.45, 2.75) is 6.36 Å². The van der Waals surface area contributed by atoms with Crippen LogP contribution in [0.15, 0.2) is 18.2 Å². The molecule has 0 aromatic heterocycles. The van der Waals surface area contributed by atoms with E-state index in [-0.39, 0.29) is 22.4 Å². The van der Waals surface area contributed by atoms with Crippen molar-refractivity contribution < 1.29 is 22.6 Å². The Labute approximate surface area is 112 Å². The van der Waals surface area contributed by atoms with Gasteiger partial charge in [-0.3, -0.25) is 4.74 Å². The van der Waals surface area contributed by atoms with Gasteiger partial charge in [-0.25, -0.2) is 0 Å². The Morgan fingerprint density at radius 1 is 1.33 bits per heavy atom. The van der Waals surface area contributed by atoms with Gasteiger partial charge in [0.25, 0.3) is 0 Å². The van der Waals surface area contributed by atoms with Crippen molar-refractivity contribution in [1.29, 1.82) is 0 Å². The van der Waals surface area contributed by atoms with Gasteiger partial charge in [0.15, 0.2) is 0 Å². The molecule has 0 aliphatic heterocycles. The van der Waals surface area contributed by atoms with Crippen molar-refractivity contribution in [3.8, 4) is 5.75 Å². The van der Waals surface area contributed by atoms with E-state index >= 15 is 0 Å². The first kappa shape index (κ1) is 15.0. The highest BCUT2D eigenvalue weighted by molar-refractivity contribution is 7.80. The molecule has 0 atom stereocenters. The maximum absolute atomic E-state index is 11.7. The Kier molecular flexibility index (Phi) is 5.18. The Balaban J connectivity index is 2.51. The predicted molar refractivity (Wildman–Crippen MR) is 64.8 cm³/mol. The highest BCUT2D eigenvalue weighted by Gasteiger charge is 2.28. The summed E-state index contributed by atoms with van der Waals surface area (Å²) in [5.41, 5.74) is 5.94. The van der Waals surface area contributed by atoms with Crippen molar-refractivity contribution >= 4 is 28.8 Å². The summed E-state index contributed by atoms with van der Waals surface area (Å²) in [6, 6.07) is 4.52. The van der Waals surface area contributed by atoms with E-state index in [9.17, 15) is 13.2 Å². The third-order valence-corrected chi connectivity index (χ3v) is 2.35. The first-order valence-corrected chi connectivity index (χ1v) is 5.51. The standard InChI is InChI=1S/C10H9ClF3NO2S/c11-7-5-6(9(15)18)1-2-8(7)16-3-4-17-10(12,13)14/h1-2,5H,3-4H2,(H2,15,18). The minimum absolute atomic E-state index is 0.170. The summed E-state index contributed by atoms with van der Waals surface area (Å²) in [4.78, 5) is 0.170. The van der Waals surface area contributed by atoms with Gasteiger partial charge >= 0.3 is 6.36 Å². The summed E-state index contributed by atoms with van der Waals surface area (Å²) >= 11 is 10.6. The summed E-state index contributed by atoms with van der Waals surface area (Å²) in [5, 5.41) is 0.215. The van der Waals surface area contributed by atoms with Crippen LogP contribution in [0.25, 0.3) is 0 Å². The van der Waals surface area contributed by atoms with Crippen LogP contribution in [0.4, 0.5) is 13.2 Å². The molecule has 1 aromatic rings. The van der Waals surface area contributed by atoms with Crippen LogP contribution in [0, 0.1) is 0 Å². The number of nitrogens with two attached hydrogens (primary N) is 1. The van der Waals surface area contributed by atoms with Crippen LogP contribution in [-0.2, 0) is 4.74 Å². The van der Waals surface area contributed by atoms with Gasteiger partial charge in [0.2, 0.25) is 0 Å². The topological polar surface area (TPSA) is 44.5 Å². The number of alkyl halides is 3. The molecule has 18 heavy (non-hydrogen) atoms. The van der Waals surface area contributed by atoms with E-state index in [0.29, 0.717) is 5.56 Å². The number of ether oxygens (including phenoxy) is 2. The summed E-state index contributed by atoms with van der Waals surface area (Å²) < 4.78 is 43.6. The van der Waals surface area contributed by atoms with E-state index in [1.165, 1.54) is 12.1 Å². The van der Waals surface area contributed by atoms with Gasteiger partial charge in [-0.15, -0.1) is 13.2 Å². The van der Waals surface area contributed by atoms with E-state index < -0.39 is 13.0 Å². The average molecular weight is 300 g/mol. The molecule has 0 heterocycles. The average Bonchev–Trinajstić information content (AvgIpc) is 2.24. The van der Waals surface area contributed by atoms with Crippen molar-refractivity contribution in [1.82, 2.24) is 0 Å². The fraction of sp³-hybridized carbons (Fsp3) is 0.300. The molecule has 0 unspecified atom stereocenters. The fourth-order valence-corrected chi connectivity index (χ4v) is 1.44. The minimum atomic E-state index is -4.66. The zero-order valence-corrected chi connectivity index (χ0v) is 10.5. The summed E-state index contributed by atoms with van der Waals surface area (Å²) in [6.07, 6.45) is -4.66. The molecule has 0 saturated carbocycles. The van der Waals surface area contributed by atoms with Gasteiger partial charge in [-0.2, -0.15) is 0 Å². The SMILES string of the molecule is NC(=S)c1ccc(OCCOC(F)(F)F)c(Cl)c1. The third kappa shape index (κ3) is 5.07. The monoisotopic (exact) mass is 299 g/mol. The second-order valence-electron chi connectivity index (χ2n) is 3.15. The molecule has 0 saturated heterocycles. The maximum Gasteiger partial charge on any atom is 0.522 e. The van der Waals surface area contributed by atoms with Crippen LogP contribution < -0.4 is 10.5 Å². The van der Waals surface area contributed by atoms with Gasteiger partial charge in [0, 0.05) is 5.56 Å². The van der Waals surface area contributed by atoms with E-state index in [4.69, 9.17) is 34.3 Å². The quantitative estimate of drug-likeness (QED) is 0.671. The summed E-state index contributed by atoms with van der Waals surface area (Å²) in [5.74, 6) is 0.238. The number of hydrogen-bond acceptors (Lipinski definition) is 3. The molecule has 0 aliphatic rings. The normalized spacial score (nSPS) is 11.3. The molecular formula is C10H9ClF3NO2S. The van der Waals surface area contributed by atoms with E-state index in [1.54, 1.807) is 6.07 Å². The van der Waals surface area contributed by atoms with Gasteiger partial charge in [-0.1, -0.05) is 23.8 Å². The molecule has 1 aromatic carbocycles. The fourth-order valence-electron chi connectivity index (χ4n) is 1.08. The lowest BCUT2D eigenvalue weighted by molar-refractivity contribution is -0.325. The van der Waals surface area contributed by atoms with Gasteiger partial charge in [0.1, 0.15) is 17.3 Å². The number of halogens is 4. The number of rotatable bonds is 5. The summed E-state index contributed by atoms with van der Waals surface area (Å²) in [6.45, 7) is -0.886. The zero-order valence-electron chi connectivity index (χ0n) is 8.96. The van der Waals surface area contributed by atoms with Crippen LogP contribution in [0.3, 0.4) is 0 Å². The maximum atomic E-state index is 11.7. The number of thiocarbonyl (C=S) groups is 1. The van der Waals surface area contributed by atoms with Crippen LogP contribution in [0.1, 0.15) is 5.56 Å². The second-order valence-corrected chi connectivity index (χ2v) is 4.00. The second kappa shape index (κ2) is 6.21. The van der Waals surface area contributed by atoms with Crippen molar-refractivity contribution in [3.05, 3.63) is 28.8 Å². The third-order valence-electron chi connectivity index (χ3n) is 1.82. The molecule has 0 aliphatic carbocycles. The lowest BCUT2D eigenvalue weighted by atomic mass is 10.2. The Bertz CT molecular complexity index is 440. The molecule has 0 fully saturated rings. The minimum Gasteiger partial charge on any atom is -0.490 e. The molecule has 100 valence electrons.